The Morgan fingerprint density at radius 1 is 1.44 bits per heavy atom. The van der Waals surface area contributed by atoms with Crippen LogP contribution in [0.1, 0.15) is 34.6 Å². The van der Waals surface area contributed by atoms with Gasteiger partial charge in [-0.2, -0.15) is 0 Å². The Hall–Kier alpha value is -0.120. The van der Waals surface area contributed by atoms with Gasteiger partial charge in [0.1, 0.15) is 0 Å². The molecule has 1 aliphatic rings. The first kappa shape index (κ1) is 13.9. The highest BCUT2D eigenvalue weighted by Gasteiger charge is 2.25. The predicted molar refractivity (Wildman–Crippen MR) is 68.8 cm³/mol. The van der Waals surface area contributed by atoms with Gasteiger partial charge < -0.3 is 10.1 Å². The van der Waals surface area contributed by atoms with Crippen LogP contribution >= 0.6 is 0 Å². The number of ether oxygens (including phenoxy) is 1. The highest BCUT2D eigenvalue weighted by atomic mass is 16.5. The van der Waals surface area contributed by atoms with Gasteiger partial charge in [0.25, 0.3) is 0 Å². The molecule has 3 nitrogen and oxygen atoms in total. The van der Waals surface area contributed by atoms with Crippen molar-refractivity contribution in [2.75, 3.05) is 32.8 Å². The number of nitrogens with zero attached hydrogens (tertiary/aromatic N) is 1. The second-order valence-corrected chi connectivity index (χ2v) is 6.12. The lowest BCUT2D eigenvalue weighted by Crippen LogP contribution is -2.48. The summed E-state index contributed by atoms with van der Waals surface area (Å²) in [4.78, 5) is 2.52. The second-order valence-electron chi connectivity index (χ2n) is 6.12. The number of rotatable bonds is 5. The highest BCUT2D eigenvalue weighted by molar-refractivity contribution is 4.79. The molecule has 0 aromatic rings. The molecule has 0 aromatic heterocycles. The molecule has 1 aliphatic heterocycles. The lowest BCUT2D eigenvalue weighted by Gasteiger charge is -2.37. The molecule has 96 valence electrons. The molecule has 0 radical (unpaired) electrons. The number of hydrogen-bond donors (Lipinski definition) is 1. The maximum Gasteiger partial charge on any atom is 0.0674 e. The molecule has 1 unspecified atom stereocenters. The Morgan fingerprint density at radius 3 is 2.69 bits per heavy atom. The predicted octanol–water partition coefficient (Wildman–Crippen LogP) is 1.73. The Bertz CT molecular complexity index is 204. The molecule has 0 aromatic carbocycles. The summed E-state index contributed by atoms with van der Waals surface area (Å²) >= 11 is 0. The fraction of sp³-hybridized carbons (Fsp3) is 1.00. The summed E-state index contributed by atoms with van der Waals surface area (Å²) in [6.45, 7) is 16.5. The molecule has 0 spiro atoms. The van der Waals surface area contributed by atoms with Gasteiger partial charge in [0.2, 0.25) is 0 Å². The van der Waals surface area contributed by atoms with Crippen LogP contribution in [-0.2, 0) is 4.74 Å². The summed E-state index contributed by atoms with van der Waals surface area (Å²) in [6.07, 6.45) is 0.391. The highest BCUT2D eigenvalue weighted by Crippen LogP contribution is 2.18. The molecule has 0 saturated carbocycles. The SMILES string of the molecule is CC(C)NCC(C)(C)CN1CCOC(C)C1. The van der Waals surface area contributed by atoms with E-state index in [0.717, 1.165) is 32.8 Å². The van der Waals surface area contributed by atoms with Gasteiger partial charge in [-0.1, -0.05) is 27.7 Å². The zero-order chi connectivity index (χ0) is 12.2. The average molecular weight is 228 g/mol. The Morgan fingerprint density at radius 2 is 2.12 bits per heavy atom. The van der Waals surface area contributed by atoms with Crippen LogP contribution in [0.15, 0.2) is 0 Å². The van der Waals surface area contributed by atoms with E-state index in [2.05, 4.69) is 44.8 Å². The van der Waals surface area contributed by atoms with E-state index in [1.54, 1.807) is 0 Å². The third-order valence-corrected chi connectivity index (χ3v) is 2.97. The van der Waals surface area contributed by atoms with Crippen molar-refractivity contribution < 1.29 is 4.74 Å². The van der Waals surface area contributed by atoms with Crippen molar-refractivity contribution in [1.82, 2.24) is 10.2 Å². The summed E-state index contributed by atoms with van der Waals surface area (Å²) < 4.78 is 5.56. The van der Waals surface area contributed by atoms with Gasteiger partial charge in [-0.3, -0.25) is 4.90 Å². The van der Waals surface area contributed by atoms with Crippen molar-refractivity contribution in [3.05, 3.63) is 0 Å². The van der Waals surface area contributed by atoms with E-state index in [-0.39, 0.29) is 0 Å². The van der Waals surface area contributed by atoms with E-state index in [1.807, 2.05) is 0 Å². The van der Waals surface area contributed by atoms with Crippen LogP contribution in [0.2, 0.25) is 0 Å². The summed E-state index contributed by atoms with van der Waals surface area (Å²) in [5.41, 5.74) is 0.335. The maximum atomic E-state index is 5.56. The summed E-state index contributed by atoms with van der Waals surface area (Å²) in [5, 5.41) is 3.53. The fourth-order valence-corrected chi connectivity index (χ4v) is 2.18. The second kappa shape index (κ2) is 5.99. The standard InChI is InChI=1S/C13H28N2O/c1-11(2)14-9-13(4,5)10-15-6-7-16-12(3)8-15/h11-12,14H,6-10H2,1-5H3. The van der Waals surface area contributed by atoms with E-state index < -0.39 is 0 Å². The third-order valence-electron chi connectivity index (χ3n) is 2.97. The third kappa shape index (κ3) is 5.28. The van der Waals surface area contributed by atoms with Gasteiger partial charge >= 0.3 is 0 Å². The normalized spacial score (nSPS) is 24.0. The largest absolute Gasteiger partial charge is 0.376 e. The topological polar surface area (TPSA) is 24.5 Å². The minimum absolute atomic E-state index is 0.335. The van der Waals surface area contributed by atoms with E-state index in [4.69, 9.17) is 4.74 Å². The van der Waals surface area contributed by atoms with Gasteiger partial charge in [0, 0.05) is 32.2 Å². The Balaban J connectivity index is 2.32. The summed E-state index contributed by atoms with van der Waals surface area (Å²) in [5.74, 6) is 0. The van der Waals surface area contributed by atoms with Gasteiger partial charge in [-0.25, -0.2) is 0 Å². The van der Waals surface area contributed by atoms with Gasteiger partial charge in [0.15, 0.2) is 0 Å². The van der Waals surface area contributed by atoms with Crippen LogP contribution in [0, 0.1) is 5.41 Å². The average Bonchev–Trinajstić information content (AvgIpc) is 2.14. The van der Waals surface area contributed by atoms with Crippen LogP contribution in [0.25, 0.3) is 0 Å². The van der Waals surface area contributed by atoms with Crippen molar-refractivity contribution in [3.63, 3.8) is 0 Å². The molecular weight excluding hydrogens is 200 g/mol. The Kier molecular flexibility index (Phi) is 5.22. The van der Waals surface area contributed by atoms with Crippen LogP contribution in [0.4, 0.5) is 0 Å². The van der Waals surface area contributed by atoms with E-state index >= 15 is 0 Å². The first-order valence-corrected chi connectivity index (χ1v) is 6.46. The van der Waals surface area contributed by atoms with Gasteiger partial charge in [-0.15, -0.1) is 0 Å². The molecule has 0 aliphatic carbocycles. The first-order valence-electron chi connectivity index (χ1n) is 6.46. The molecule has 0 amide bonds. The van der Waals surface area contributed by atoms with Crippen molar-refractivity contribution >= 4 is 0 Å². The van der Waals surface area contributed by atoms with Crippen molar-refractivity contribution in [2.24, 2.45) is 5.41 Å². The minimum atomic E-state index is 0.335. The molecule has 0 bridgehead atoms. The molecule has 3 heteroatoms. The molecule has 16 heavy (non-hydrogen) atoms. The van der Waals surface area contributed by atoms with Crippen molar-refractivity contribution in [3.8, 4) is 0 Å². The molecule has 1 rings (SSSR count). The number of morpholine rings is 1. The molecular formula is C13H28N2O. The zero-order valence-electron chi connectivity index (χ0n) is 11.5. The monoisotopic (exact) mass is 228 g/mol. The van der Waals surface area contributed by atoms with Crippen molar-refractivity contribution in [1.29, 1.82) is 0 Å². The van der Waals surface area contributed by atoms with Gasteiger partial charge in [-0.05, 0) is 12.3 Å². The molecule has 1 atom stereocenters. The van der Waals surface area contributed by atoms with E-state index in [9.17, 15) is 0 Å². The lowest BCUT2D eigenvalue weighted by atomic mass is 9.92. The van der Waals surface area contributed by atoms with Gasteiger partial charge in [0.05, 0.1) is 12.7 Å². The van der Waals surface area contributed by atoms with Crippen molar-refractivity contribution in [2.45, 2.75) is 46.8 Å². The van der Waals surface area contributed by atoms with E-state index in [0.29, 0.717) is 17.6 Å². The van der Waals surface area contributed by atoms with E-state index in [1.165, 1.54) is 0 Å². The minimum Gasteiger partial charge on any atom is -0.376 e. The van der Waals surface area contributed by atoms with Crippen LogP contribution in [0.3, 0.4) is 0 Å². The first-order chi connectivity index (χ1) is 7.39. The number of hydrogen-bond acceptors (Lipinski definition) is 3. The molecule has 1 heterocycles. The maximum absolute atomic E-state index is 5.56. The number of nitrogens with one attached hydrogen (secondary N) is 1. The van der Waals surface area contributed by atoms with Crippen LogP contribution in [0.5, 0.6) is 0 Å². The molecule has 1 N–H and O–H groups in total. The summed E-state index contributed by atoms with van der Waals surface area (Å²) in [7, 11) is 0. The fourth-order valence-electron chi connectivity index (χ4n) is 2.18. The zero-order valence-corrected chi connectivity index (χ0v) is 11.5. The quantitative estimate of drug-likeness (QED) is 0.775. The smallest absolute Gasteiger partial charge is 0.0674 e. The Labute approximate surface area is 101 Å². The molecule has 1 saturated heterocycles. The van der Waals surface area contributed by atoms with Crippen LogP contribution < -0.4 is 5.32 Å². The lowest BCUT2D eigenvalue weighted by molar-refractivity contribution is -0.0291. The molecule has 1 fully saturated rings. The summed E-state index contributed by atoms with van der Waals surface area (Å²) in [6, 6.07) is 0.572. The van der Waals surface area contributed by atoms with Crippen LogP contribution in [-0.4, -0.2) is 49.8 Å².